The van der Waals surface area contributed by atoms with Crippen molar-refractivity contribution in [2.45, 2.75) is 0 Å². The summed E-state index contributed by atoms with van der Waals surface area (Å²) in [6, 6.07) is 1.67. The highest BCUT2D eigenvalue weighted by molar-refractivity contribution is 5.39. The summed E-state index contributed by atoms with van der Waals surface area (Å²) in [4.78, 5) is 3.82. The lowest BCUT2D eigenvalue weighted by atomic mass is 10.4. The van der Waals surface area contributed by atoms with Gasteiger partial charge in [0.1, 0.15) is 12.4 Å². The van der Waals surface area contributed by atoms with E-state index in [4.69, 9.17) is 16.9 Å². The second kappa shape index (κ2) is 3.47. The van der Waals surface area contributed by atoms with Crippen LogP contribution in [0.2, 0.25) is 0 Å². The number of hydrogen-bond donors (Lipinski definition) is 1. The number of terminal acetylenes is 1. The van der Waals surface area contributed by atoms with E-state index in [1.807, 2.05) is 0 Å². The number of anilines is 1. The van der Waals surface area contributed by atoms with Gasteiger partial charge in [0.05, 0.1) is 18.1 Å². The van der Waals surface area contributed by atoms with Crippen LogP contribution < -0.4 is 10.5 Å². The Balaban J connectivity index is 2.65. The average molecular weight is 148 g/mol. The van der Waals surface area contributed by atoms with Gasteiger partial charge in [0.25, 0.3) is 0 Å². The molecule has 0 radical (unpaired) electrons. The minimum Gasteiger partial charge on any atom is -0.479 e. The summed E-state index contributed by atoms with van der Waals surface area (Å²) in [5, 5.41) is 0. The van der Waals surface area contributed by atoms with Crippen molar-refractivity contribution in [1.82, 2.24) is 4.98 Å². The molecule has 0 aliphatic rings. The number of nitrogen functional groups attached to an aromatic ring is 1. The summed E-state index contributed by atoms with van der Waals surface area (Å²) >= 11 is 0. The molecule has 1 rings (SSSR count). The van der Waals surface area contributed by atoms with Crippen LogP contribution in [0, 0.1) is 12.3 Å². The Morgan fingerprint density at radius 1 is 1.64 bits per heavy atom. The molecule has 3 heteroatoms. The molecule has 0 aliphatic heterocycles. The molecular weight excluding hydrogens is 140 g/mol. The number of nitrogens with two attached hydrogens (primary N) is 1. The molecule has 1 aromatic rings. The van der Waals surface area contributed by atoms with Crippen LogP contribution in [-0.2, 0) is 0 Å². The molecule has 0 saturated heterocycles. The molecule has 3 nitrogen and oxygen atoms in total. The molecule has 0 aromatic carbocycles. The van der Waals surface area contributed by atoms with Crippen LogP contribution in [0.3, 0.4) is 0 Å². The van der Waals surface area contributed by atoms with Crippen molar-refractivity contribution in [3.05, 3.63) is 18.5 Å². The van der Waals surface area contributed by atoms with Gasteiger partial charge in [-0.3, -0.25) is 4.98 Å². The van der Waals surface area contributed by atoms with Crippen LogP contribution in [0.4, 0.5) is 5.69 Å². The number of hydrogen-bond acceptors (Lipinski definition) is 3. The molecule has 1 aromatic heterocycles. The van der Waals surface area contributed by atoms with E-state index >= 15 is 0 Å². The Morgan fingerprint density at radius 3 is 3.09 bits per heavy atom. The smallest absolute Gasteiger partial charge is 0.148 e. The predicted molar refractivity (Wildman–Crippen MR) is 43.0 cm³/mol. The van der Waals surface area contributed by atoms with E-state index in [0.29, 0.717) is 11.4 Å². The van der Waals surface area contributed by atoms with Crippen molar-refractivity contribution in [2.75, 3.05) is 12.3 Å². The Bertz CT molecular complexity index is 278. The molecule has 2 N–H and O–H groups in total. The van der Waals surface area contributed by atoms with Gasteiger partial charge in [-0.25, -0.2) is 0 Å². The molecule has 0 saturated carbocycles. The van der Waals surface area contributed by atoms with E-state index in [9.17, 15) is 0 Å². The first-order chi connectivity index (χ1) is 5.33. The number of aromatic nitrogens is 1. The van der Waals surface area contributed by atoms with Crippen molar-refractivity contribution >= 4 is 5.69 Å². The molecule has 0 amide bonds. The largest absolute Gasteiger partial charge is 0.479 e. The molecule has 0 bridgehead atoms. The van der Waals surface area contributed by atoms with Crippen LogP contribution >= 0.6 is 0 Å². The van der Waals surface area contributed by atoms with Gasteiger partial charge in [-0.05, 0) is 0 Å². The zero-order valence-electron chi connectivity index (χ0n) is 5.95. The van der Waals surface area contributed by atoms with Gasteiger partial charge < -0.3 is 10.5 Å². The number of ether oxygens (including phenoxy) is 1. The summed E-state index contributed by atoms with van der Waals surface area (Å²) < 4.78 is 5.06. The van der Waals surface area contributed by atoms with E-state index in [2.05, 4.69) is 10.9 Å². The standard InChI is InChI=1S/C8H8N2O/c1-2-3-11-8-4-7(9)5-10-6-8/h1,4-6H,3,9H2. The summed E-state index contributed by atoms with van der Waals surface area (Å²) in [5.41, 5.74) is 6.01. The first-order valence-electron chi connectivity index (χ1n) is 3.09. The van der Waals surface area contributed by atoms with E-state index in [0.717, 1.165) is 0 Å². The Hall–Kier alpha value is -1.69. The van der Waals surface area contributed by atoms with Crippen molar-refractivity contribution < 1.29 is 4.74 Å². The van der Waals surface area contributed by atoms with Gasteiger partial charge in [0, 0.05) is 6.07 Å². The Labute approximate surface area is 65.2 Å². The van der Waals surface area contributed by atoms with E-state index in [-0.39, 0.29) is 6.61 Å². The van der Waals surface area contributed by atoms with Gasteiger partial charge in [-0.15, -0.1) is 6.42 Å². The van der Waals surface area contributed by atoms with Gasteiger partial charge in [-0.2, -0.15) is 0 Å². The lowest BCUT2D eigenvalue weighted by Crippen LogP contribution is -1.95. The second-order valence-corrected chi connectivity index (χ2v) is 1.95. The fraction of sp³-hybridized carbons (Fsp3) is 0.125. The van der Waals surface area contributed by atoms with Gasteiger partial charge in [0.15, 0.2) is 0 Å². The zero-order valence-corrected chi connectivity index (χ0v) is 5.95. The molecule has 0 fully saturated rings. The maximum Gasteiger partial charge on any atom is 0.148 e. The maximum atomic E-state index is 5.44. The first-order valence-corrected chi connectivity index (χ1v) is 3.09. The van der Waals surface area contributed by atoms with Crippen molar-refractivity contribution in [3.63, 3.8) is 0 Å². The molecule has 0 atom stereocenters. The average Bonchev–Trinajstić information content (AvgIpc) is 2.01. The number of pyridine rings is 1. The highest BCUT2D eigenvalue weighted by Crippen LogP contribution is 2.11. The molecule has 11 heavy (non-hydrogen) atoms. The molecule has 1 heterocycles. The molecule has 0 spiro atoms. The second-order valence-electron chi connectivity index (χ2n) is 1.95. The Kier molecular flexibility index (Phi) is 2.34. The fourth-order valence-electron chi connectivity index (χ4n) is 0.640. The lowest BCUT2D eigenvalue weighted by Gasteiger charge is -2.00. The van der Waals surface area contributed by atoms with Crippen molar-refractivity contribution in [2.24, 2.45) is 0 Å². The number of rotatable bonds is 2. The van der Waals surface area contributed by atoms with Crippen molar-refractivity contribution in [1.29, 1.82) is 0 Å². The van der Waals surface area contributed by atoms with Crippen LogP contribution in [0.5, 0.6) is 5.75 Å². The quantitative estimate of drug-likeness (QED) is 0.627. The van der Waals surface area contributed by atoms with Crippen molar-refractivity contribution in [3.8, 4) is 18.1 Å². The molecule has 56 valence electrons. The fourth-order valence-corrected chi connectivity index (χ4v) is 0.640. The van der Waals surface area contributed by atoms with Crippen LogP contribution in [0.1, 0.15) is 0 Å². The minimum absolute atomic E-state index is 0.241. The zero-order chi connectivity index (χ0) is 8.10. The molecule has 0 unspecified atom stereocenters. The monoisotopic (exact) mass is 148 g/mol. The van der Waals surface area contributed by atoms with Crippen LogP contribution in [0.25, 0.3) is 0 Å². The molecular formula is C8H8N2O. The summed E-state index contributed by atoms with van der Waals surface area (Å²) in [7, 11) is 0. The summed E-state index contributed by atoms with van der Waals surface area (Å²) in [6.45, 7) is 0.241. The first kappa shape index (κ1) is 7.42. The minimum atomic E-state index is 0.241. The summed E-state index contributed by atoms with van der Waals surface area (Å²) in [5.74, 6) is 2.94. The normalized spacial score (nSPS) is 8.64. The summed E-state index contributed by atoms with van der Waals surface area (Å²) in [6.07, 6.45) is 8.10. The van der Waals surface area contributed by atoms with Crippen LogP contribution in [-0.4, -0.2) is 11.6 Å². The van der Waals surface area contributed by atoms with Gasteiger partial charge in [0.2, 0.25) is 0 Å². The topological polar surface area (TPSA) is 48.1 Å². The number of nitrogens with zero attached hydrogens (tertiary/aromatic N) is 1. The Morgan fingerprint density at radius 2 is 2.45 bits per heavy atom. The van der Waals surface area contributed by atoms with Crippen LogP contribution in [0.15, 0.2) is 18.5 Å². The van der Waals surface area contributed by atoms with Gasteiger partial charge in [-0.1, -0.05) is 5.92 Å². The third kappa shape index (κ3) is 2.18. The highest BCUT2D eigenvalue weighted by atomic mass is 16.5. The third-order valence-electron chi connectivity index (χ3n) is 1.06. The van der Waals surface area contributed by atoms with Gasteiger partial charge >= 0.3 is 0 Å². The predicted octanol–water partition coefficient (Wildman–Crippen LogP) is 0.676. The SMILES string of the molecule is C#CCOc1cncc(N)c1. The highest BCUT2D eigenvalue weighted by Gasteiger charge is 1.91. The van der Waals surface area contributed by atoms with E-state index in [1.54, 1.807) is 18.5 Å². The molecule has 0 aliphatic carbocycles. The van der Waals surface area contributed by atoms with E-state index < -0.39 is 0 Å². The lowest BCUT2D eigenvalue weighted by molar-refractivity contribution is 0.369. The maximum absolute atomic E-state index is 5.44. The van der Waals surface area contributed by atoms with E-state index in [1.165, 1.54) is 0 Å². The third-order valence-corrected chi connectivity index (χ3v) is 1.06.